The standard InChI is InChI=1S/C9H9F3N4O/c10-9(11,12)17-7-3-5(1-2-13)8(15)16-6(7)4-14/h3H,1,4,14H2,(H2,15,16). The molecule has 1 heterocycles. The summed E-state index contributed by atoms with van der Waals surface area (Å²) in [5.41, 5.74) is 10.8. The Morgan fingerprint density at radius 3 is 2.59 bits per heavy atom. The minimum Gasteiger partial charge on any atom is -0.404 e. The van der Waals surface area contributed by atoms with Gasteiger partial charge in [-0.05, 0) is 6.07 Å². The maximum Gasteiger partial charge on any atom is 0.573 e. The molecule has 0 aliphatic heterocycles. The third-order valence-corrected chi connectivity index (χ3v) is 1.86. The van der Waals surface area contributed by atoms with Crippen LogP contribution in [0.25, 0.3) is 0 Å². The zero-order valence-corrected chi connectivity index (χ0v) is 8.58. The first kappa shape index (κ1) is 13.1. The predicted octanol–water partition coefficient (Wildman–Crippen LogP) is 1.09. The molecule has 5 nitrogen and oxygen atoms in total. The quantitative estimate of drug-likeness (QED) is 0.831. The van der Waals surface area contributed by atoms with Crippen molar-refractivity contribution < 1.29 is 17.9 Å². The van der Waals surface area contributed by atoms with Crippen molar-refractivity contribution in [3.8, 4) is 11.8 Å². The van der Waals surface area contributed by atoms with Gasteiger partial charge < -0.3 is 16.2 Å². The predicted molar refractivity (Wildman–Crippen MR) is 52.5 cm³/mol. The number of ether oxygens (including phenoxy) is 1. The average Bonchev–Trinajstić information content (AvgIpc) is 2.20. The highest BCUT2D eigenvalue weighted by atomic mass is 19.4. The first-order valence-electron chi connectivity index (χ1n) is 4.48. The summed E-state index contributed by atoms with van der Waals surface area (Å²) in [6.45, 7) is -0.248. The van der Waals surface area contributed by atoms with Gasteiger partial charge in [0.05, 0.1) is 18.2 Å². The number of nitrogen functional groups attached to an aromatic ring is 1. The van der Waals surface area contributed by atoms with Gasteiger partial charge in [0.1, 0.15) is 5.82 Å². The van der Waals surface area contributed by atoms with Crippen LogP contribution in [0.3, 0.4) is 0 Å². The molecule has 0 atom stereocenters. The Balaban J connectivity index is 3.18. The van der Waals surface area contributed by atoms with Gasteiger partial charge in [-0.1, -0.05) is 0 Å². The van der Waals surface area contributed by atoms with Crippen LogP contribution < -0.4 is 16.2 Å². The lowest BCUT2D eigenvalue weighted by Gasteiger charge is -2.13. The van der Waals surface area contributed by atoms with Crippen LogP contribution in [0.5, 0.6) is 5.75 Å². The summed E-state index contributed by atoms with van der Waals surface area (Å²) < 4.78 is 40.0. The Kier molecular flexibility index (Phi) is 3.75. The summed E-state index contributed by atoms with van der Waals surface area (Å²) in [5.74, 6) is -0.555. The first-order valence-corrected chi connectivity index (χ1v) is 4.48. The molecule has 0 unspecified atom stereocenters. The van der Waals surface area contributed by atoms with Crippen LogP contribution in [0.1, 0.15) is 11.3 Å². The maximum absolute atomic E-state index is 12.1. The zero-order chi connectivity index (χ0) is 13.1. The van der Waals surface area contributed by atoms with Crippen LogP contribution in [0.15, 0.2) is 6.07 Å². The number of nitrogens with two attached hydrogens (primary N) is 2. The molecule has 0 saturated heterocycles. The van der Waals surface area contributed by atoms with Gasteiger partial charge in [0.2, 0.25) is 0 Å². The summed E-state index contributed by atoms with van der Waals surface area (Å²) in [7, 11) is 0. The number of alkyl halides is 3. The van der Waals surface area contributed by atoms with E-state index < -0.39 is 12.1 Å². The monoisotopic (exact) mass is 246 g/mol. The molecule has 0 radical (unpaired) electrons. The Labute approximate surface area is 94.8 Å². The molecule has 0 aliphatic carbocycles. The fraction of sp³-hybridized carbons (Fsp3) is 0.333. The Morgan fingerprint density at radius 1 is 1.47 bits per heavy atom. The molecular weight excluding hydrogens is 237 g/mol. The average molecular weight is 246 g/mol. The fourth-order valence-electron chi connectivity index (χ4n) is 1.17. The number of anilines is 1. The van der Waals surface area contributed by atoms with Gasteiger partial charge in [0.25, 0.3) is 0 Å². The van der Waals surface area contributed by atoms with Crippen LogP contribution in [-0.4, -0.2) is 11.3 Å². The van der Waals surface area contributed by atoms with Crippen LogP contribution in [-0.2, 0) is 13.0 Å². The van der Waals surface area contributed by atoms with Gasteiger partial charge in [-0.3, -0.25) is 0 Å². The molecule has 1 rings (SSSR count). The van der Waals surface area contributed by atoms with Crippen molar-refractivity contribution in [1.29, 1.82) is 5.26 Å². The molecule has 4 N–H and O–H groups in total. The zero-order valence-electron chi connectivity index (χ0n) is 8.58. The second-order valence-corrected chi connectivity index (χ2v) is 3.06. The van der Waals surface area contributed by atoms with Crippen molar-refractivity contribution in [3.05, 3.63) is 17.3 Å². The second-order valence-electron chi connectivity index (χ2n) is 3.06. The molecule has 0 spiro atoms. The molecule has 1 aromatic heterocycles. The van der Waals surface area contributed by atoms with Gasteiger partial charge in [0, 0.05) is 12.1 Å². The van der Waals surface area contributed by atoms with E-state index in [0.29, 0.717) is 0 Å². The van der Waals surface area contributed by atoms with Crippen molar-refractivity contribution in [1.82, 2.24) is 4.98 Å². The van der Waals surface area contributed by atoms with E-state index in [9.17, 15) is 13.2 Å². The van der Waals surface area contributed by atoms with Crippen molar-refractivity contribution in [3.63, 3.8) is 0 Å². The van der Waals surface area contributed by atoms with Gasteiger partial charge in [-0.2, -0.15) is 5.26 Å². The van der Waals surface area contributed by atoms with Gasteiger partial charge in [-0.25, -0.2) is 4.98 Å². The normalized spacial score (nSPS) is 11.0. The second kappa shape index (κ2) is 4.88. The van der Waals surface area contributed by atoms with Crippen molar-refractivity contribution in [2.24, 2.45) is 5.73 Å². The lowest BCUT2D eigenvalue weighted by Crippen LogP contribution is -2.20. The number of aromatic nitrogens is 1. The van der Waals surface area contributed by atoms with Crippen LogP contribution in [0, 0.1) is 11.3 Å². The lowest BCUT2D eigenvalue weighted by molar-refractivity contribution is -0.275. The number of halogens is 3. The highest BCUT2D eigenvalue weighted by Crippen LogP contribution is 2.28. The van der Waals surface area contributed by atoms with Crippen LogP contribution in [0.2, 0.25) is 0 Å². The highest BCUT2D eigenvalue weighted by molar-refractivity contribution is 5.47. The molecule has 8 heteroatoms. The SMILES string of the molecule is N#CCc1cc(OC(F)(F)F)c(CN)nc1N. The Bertz CT molecular complexity index is 453. The molecule has 0 aromatic carbocycles. The van der Waals surface area contributed by atoms with Crippen LogP contribution in [0.4, 0.5) is 19.0 Å². The molecule has 0 fully saturated rings. The van der Waals surface area contributed by atoms with E-state index in [-0.39, 0.29) is 30.0 Å². The number of pyridine rings is 1. The highest BCUT2D eigenvalue weighted by Gasteiger charge is 2.32. The Hall–Kier alpha value is -2.01. The summed E-state index contributed by atoms with van der Waals surface area (Å²) in [5, 5.41) is 8.47. The number of nitriles is 1. The molecule has 92 valence electrons. The summed E-state index contributed by atoms with van der Waals surface area (Å²) >= 11 is 0. The number of hydrogen-bond acceptors (Lipinski definition) is 5. The number of hydrogen-bond donors (Lipinski definition) is 2. The summed E-state index contributed by atoms with van der Waals surface area (Å²) in [4.78, 5) is 3.67. The fourth-order valence-corrected chi connectivity index (χ4v) is 1.17. The number of nitrogens with zero attached hydrogens (tertiary/aromatic N) is 2. The topological polar surface area (TPSA) is 97.9 Å². The largest absolute Gasteiger partial charge is 0.573 e. The van der Waals surface area contributed by atoms with E-state index in [0.717, 1.165) is 6.07 Å². The molecular formula is C9H9F3N4O. The minimum absolute atomic E-state index is 0.0264. The smallest absolute Gasteiger partial charge is 0.404 e. The van der Waals surface area contributed by atoms with Gasteiger partial charge in [0.15, 0.2) is 5.75 Å². The summed E-state index contributed by atoms with van der Waals surface area (Å²) in [6.07, 6.45) is -5.00. The van der Waals surface area contributed by atoms with Crippen LogP contribution >= 0.6 is 0 Å². The third-order valence-electron chi connectivity index (χ3n) is 1.86. The third kappa shape index (κ3) is 3.49. The van der Waals surface area contributed by atoms with E-state index in [1.807, 2.05) is 0 Å². The van der Waals surface area contributed by atoms with E-state index >= 15 is 0 Å². The Morgan fingerprint density at radius 2 is 2.12 bits per heavy atom. The number of rotatable bonds is 3. The van der Waals surface area contributed by atoms with E-state index in [4.69, 9.17) is 16.7 Å². The first-order chi connectivity index (χ1) is 7.87. The minimum atomic E-state index is -4.84. The maximum atomic E-state index is 12.1. The van der Waals surface area contributed by atoms with E-state index in [1.165, 1.54) is 0 Å². The molecule has 0 aliphatic rings. The summed E-state index contributed by atoms with van der Waals surface area (Å²) in [6, 6.07) is 2.79. The van der Waals surface area contributed by atoms with Crippen molar-refractivity contribution in [2.45, 2.75) is 19.3 Å². The van der Waals surface area contributed by atoms with E-state index in [2.05, 4.69) is 9.72 Å². The van der Waals surface area contributed by atoms with Gasteiger partial charge >= 0.3 is 6.36 Å². The molecule has 1 aromatic rings. The molecule has 17 heavy (non-hydrogen) atoms. The lowest BCUT2D eigenvalue weighted by atomic mass is 10.1. The molecule has 0 saturated carbocycles. The molecule has 0 amide bonds. The molecule has 0 bridgehead atoms. The van der Waals surface area contributed by atoms with Crippen molar-refractivity contribution >= 4 is 5.82 Å². The van der Waals surface area contributed by atoms with Gasteiger partial charge in [-0.15, -0.1) is 13.2 Å². The van der Waals surface area contributed by atoms with Crippen molar-refractivity contribution in [2.75, 3.05) is 5.73 Å². The van der Waals surface area contributed by atoms with E-state index in [1.54, 1.807) is 6.07 Å².